The Morgan fingerprint density at radius 2 is 1.54 bits per heavy atom. The summed E-state index contributed by atoms with van der Waals surface area (Å²) in [5.41, 5.74) is 4.14. The van der Waals surface area contributed by atoms with Gasteiger partial charge in [-0.2, -0.15) is 0 Å². The Morgan fingerprint density at radius 3 is 2.15 bits per heavy atom. The molecule has 0 saturated carbocycles. The van der Waals surface area contributed by atoms with Crippen molar-refractivity contribution in [1.29, 1.82) is 0 Å². The van der Waals surface area contributed by atoms with E-state index in [-0.39, 0.29) is 17.3 Å². The predicted molar refractivity (Wildman–Crippen MR) is 165 cm³/mol. The van der Waals surface area contributed by atoms with Gasteiger partial charge in [-0.3, -0.25) is 13.9 Å². The Bertz CT molecular complexity index is 1410. The molecule has 3 aromatic rings. The highest BCUT2D eigenvalue weighted by Gasteiger charge is 2.33. The lowest BCUT2D eigenvalue weighted by Crippen LogP contribution is -2.53. The van der Waals surface area contributed by atoms with Gasteiger partial charge < -0.3 is 10.2 Å². The summed E-state index contributed by atoms with van der Waals surface area (Å²) in [6.45, 7) is 9.99. The fourth-order valence-electron chi connectivity index (χ4n) is 4.84. The van der Waals surface area contributed by atoms with E-state index in [2.05, 4.69) is 12.2 Å². The first-order valence-electron chi connectivity index (χ1n) is 14.4. The summed E-state index contributed by atoms with van der Waals surface area (Å²) < 4.78 is 29.3. The zero-order valence-electron chi connectivity index (χ0n) is 24.9. The molecule has 41 heavy (non-hydrogen) atoms. The van der Waals surface area contributed by atoms with E-state index in [0.717, 1.165) is 35.1 Å². The van der Waals surface area contributed by atoms with Crippen molar-refractivity contribution in [3.05, 3.63) is 95.1 Å². The number of rotatable bonds is 14. The molecule has 1 atom stereocenters. The first kappa shape index (κ1) is 31.9. The van der Waals surface area contributed by atoms with Gasteiger partial charge in [-0.1, -0.05) is 86.0 Å². The molecule has 0 spiro atoms. The van der Waals surface area contributed by atoms with Crippen LogP contribution >= 0.6 is 0 Å². The monoisotopic (exact) mass is 577 g/mol. The van der Waals surface area contributed by atoms with E-state index in [1.165, 1.54) is 4.31 Å². The van der Waals surface area contributed by atoms with Crippen LogP contribution in [0.2, 0.25) is 0 Å². The van der Waals surface area contributed by atoms with E-state index in [1.807, 2.05) is 70.2 Å². The minimum absolute atomic E-state index is 0.107. The van der Waals surface area contributed by atoms with Crippen LogP contribution in [0.3, 0.4) is 0 Å². The second-order valence-electron chi connectivity index (χ2n) is 10.5. The second kappa shape index (κ2) is 14.8. The van der Waals surface area contributed by atoms with Crippen LogP contribution in [0.1, 0.15) is 55.4 Å². The zero-order chi connectivity index (χ0) is 30.0. The smallest absolute Gasteiger partial charge is 0.264 e. The molecule has 3 aromatic carbocycles. The van der Waals surface area contributed by atoms with Crippen LogP contribution in [0.15, 0.2) is 77.7 Å². The third-order valence-corrected chi connectivity index (χ3v) is 8.98. The van der Waals surface area contributed by atoms with E-state index >= 15 is 0 Å². The summed E-state index contributed by atoms with van der Waals surface area (Å²) >= 11 is 0. The van der Waals surface area contributed by atoms with Gasteiger partial charge in [0.25, 0.3) is 10.0 Å². The van der Waals surface area contributed by atoms with Gasteiger partial charge in [0.05, 0.1) is 10.6 Å². The molecule has 0 fully saturated rings. The SMILES string of the molecule is CCCCNC(=O)[C@H](CC)N(CCc1ccccc1)C(=O)CN(c1ccc(C)cc1C)S(=O)(=O)c1ccc(C)cc1. The molecule has 0 radical (unpaired) electrons. The number of carbonyl (C=O) groups is 2. The van der Waals surface area contributed by atoms with Gasteiger partial charge in [-0.25, -0.2) is 8.42 Å². The third kappa shape index (κ3) is 8.43. The largest absolute Gasteiger partial charge is 0.354 e. The number of hydrogen-bond acceptors (Lipinski definition) is 4. The van der Waals surface area contributed by atoms with Crippen molar-refractivity contribution in [2.75, 3.05) is 23.9 Å². The Kier molecular flexibility index (Phi) is 11.5. The molecule has 0 aromatic heterocycles. The molecule has 8 heteroatoms. The fraction of sp³-hybridized carbons (Fsp3) is 0.394. The summed E-state index contributed by atoms with van der Waals surface area (Å²) in [5, 5.41) is 2.97. The Morgan fingerprint density at radius 1 is 0.878 bits per heavy atom. The maximum Gasteiger partial charge on any atom is 0.264 e. The molecule has 3 rings (SSSR count). The van der Waals surface area contributed by atoms with E-state index in [9.17, 15) is 18.0 Å². The lowest BCUT2D eigenvalue weighted by molar-refractivity contribution is -0.139. The molecule has 2 amide bonds. The zero-order valence-corrected chi connectivity index (χ0v) is 25.7. The number of nitrogens with zero attached hydrogens (tertiary/aromatic N) is 2. The highest BCUT2D eigenvalue weighted by Crippen LogP contribution is 2.28. The Hall–Kier alpha value is -3.65. The minimum atomic E-state index is -4.09. The lowest BCUT2D eigenvalue weighted by atomic mass is 10.1. The van der Waals surface area contributed by atoms with Crippen molar-refractivity contribution in [3.8, 4) is 0 Å². The average molecular weight is 578 g/mol. The minimum Gasteiger partial charge on any atom is -0.354 e. The maximum absolute atomic E-state index is 14.1. The van der Waals surface area contributed by atoms with Crippen LogP contribution in [0.5, 0.6) is 0 Å². The van der Waals surface area contributed by atoms with Crippen LogP contribution in [0.4, 0.5) is 5.69 Å². The summed E-state index contributed by atoms with van der Waals surface area (Å²) in [4.78, 5) is 29.1. The summed E-state index contributed by atoms with van der Waals surface area (Å²) in [6.07, 6.45) is 2.73. The van der Waals surface area contributed by atoms with Gasteiger partial charge in [0.2, 0.25) is 11.8 Å². The first-order chi connectivity index (χ1) is 19.6. The van der Waals surface area contributed by atoms with Crippen molar-refractivity contribution in [2.45, 2.75) is 71.2 Å². The number of amides is 2. The second-order valence-corrected chi connectivity index (χ2v) is 12.4. The summed E-state index contributed by atoms with van der Waals surface area (Å²) in [5.74, 6) is -0.643. The highest BCUT2D eigenvalue weighted by atomic mass is 32.2. The van der Waals surface area contributed by atoms with E-state index in [4.69, 9.17) is 0 Å². The lowest BCUT2D eigenvalue weighted by Gasteiger charge is -2.33. The number of unbranched alkanes of at least 4 members (excludes halogenated alkanes) is 1. The Balaban J connectivity index is 2.02. The number of anilines is 1. The average Bonchev–Trinajstić information content (AvgIpc) is 2.95. The molecule has 7 nitrogen and oxygen atoms in total. The van der Waals surface area contributed by atoms with Gasteiger partial charge in [0.1, 0.15) is 12.6 Å². The summed E-state index contributed by atoms with van der Waals surface area (Å²) in [7, 11) is -4.09. The van der Waals surface area contributed by atoms with Crippen molar-refractivity contribution < 1.29 is 18.0 Å². The molecule has 0 aliphatic carbocycles. The van der Waals surface area contributed by atoms with Crippen LogP contribution < -0.4 is 9.62 Å². The maximum atomic E-state index is 14.1. The van der Waals surface area contributed by atoms with Crippen molar-refractivity contribution in [2.24, 2.45) is 0 Å². The third-order valence-electron chi connectivity index (χ3n) is 7.21. The topological polar surface area (TPSA) is 86.8 Å². The van der Waals surface area contributed by atoms with Crippen molar-refractivity contribution in [1.82, 2.24) is 10.2 Å². The molecule has 0 bridgehead atoms. The number of carbonyl (C=O) groups excluding carboxylic acids is 2. The first-order valence-corrected chi connectivity index (χ1v) is 15.8. The van der Waals surface area contributed by atoms with Crippen LogP contribution in [-0.2, 0) is 26.0 Å². The normalized spacial score (nSPS) is 12.0. The predicted octanol–water partition coefficient (Wildman–Crippen LogP) is 5.57. The van der Waals surface area contributed by atoms with Gasteiger partial charge in [0, 0.05) is 13.1 Å². The van der Waals surface area contributed by atoms with E-state index < -0.39 is 28.5 Å². The Labute approximate surface area is 245 Å². The number of benzene rings is 3. The van der Waals surface area contributed by atoms with Crippen LogP contribution in [0.25, 0.3) is 0 Å². The van der Waals surface area contributed by atoms with Gasteiger partial charge in [-0.05, 0) is 69.4 Å². The fourth-order valence-corrected chi connectivity index (χ4v) is 6.32. The van der Waals surface area contributed by atoms with Gasteiger partial charge in [0.15, 0.2) is 0 Å². The van der Waals surface area contributed by atoms with Crippen LogP contribution in [-0.4, -0.2) is 50.8 Å². The number of hydrogen-bond donors (Lipinski definition) is 1. The van der Waals surface area contributed by atoms with Crippen LogP contribution in [0, 0.1) is 20.8 Å². The van der Waals surface area contributed by atoms with E-state index in [0.29, 0.717) is 25.1 Å². The molecule has 1 N–H and O–H groups in total. The van der Waals surface area contributed by atoms with E-state index in [1.54, 1.807) is 35.2 Å². The molecule has 0 aliphatic rings. The molecule has 220 valence electrons. The molecular weight excluding hydrogens is 534 g/mol. The molecule has 0 aliphatic heterocycles. The molecule has 0 saturated heterocycles. The summed E-state index contributed by atoms with van der Waals surface area (Å²) in [6, 6.07) is 21.2. The number of sulfonamides is 1. The van der Waals surface area contributed by atoms with Crippen molar-refractivity contribution in [3.63, 3.8) is 0 Å². The standard InChI is InChI=1S/C33H43N3O4S/c1-6-8-21-34-33(38)30(7-2)35(22-20-28-12-10-9-11-13-28)32(37)24-36(31-19-16-26(4)23-27(31)5)41(39,40)29-17-14-25(3)15-18-29/h9-19,23,30H,6-8,20-22,24H2,1-5H3,(H,34,38)/t30-/m0/s1. The highest BCUT2D eigenvalue weighted by molar-refractivity contribution is 7.92. The quantitative estimate of drug-likeness (QED) is 0.254. The molecule has 0 heterocycles. The molecular formula is C33H43N3O4S. The number of nitrogens with one attached hydrogen (secondary N) is 1. The number of aryl methyl sites for hydroxylation is 3. The van der Waals surface area contributed by atoms with Gasteiger partial charge in [-0.15, -0.1) is 0 Å². The van der Waals surface area contributed by atoms with Gasteiger partial charge >= 0.3 is 0 Å². The van der Waals surface area contributed by atoms with Crippen molar-refractivity contribution >= 4 is 27.5 Å². The molecule has 0 unspecified atom stereocenters.